The average molecular weight is 244 g/mol. The summed E-state index contributed by atoms with van der Waals surface area (Å²) in [4.78, 5) is 11.3. The molecule has 0 spiro atoms. The summed E-state index contributed by atoms with van der Waals surface area (Å²) in [7, 11) is 0. The van der Waals surface area contributed by atoms with Crippen LogP contribution < -0.4 is 5.32 Å². The fraction of sp³-hybridized carbons (Fsp3) is 0.429. The number of hydrogen-bond donors (Lipinski definition) is 2. The molecule has 1 fully saturated rings. The van der Waals surface area contributed by atoms with Crippen LogP contribution in [0, 0.1) is 17.2 Å². The second kappa shape index (κ2) is 4.79. The molecular weight excluding hydrogens is 228 g/mol. The third-order valence-corrected chi connectivity index (χ3v) is 3.58. The highest BCUT2D eigenvalue weighted by Gasteiger charge is 2.46. The van der Waals surface area contributed by atoms with Gasteiger partial charge >= 0.3 is 5.97 Å². The molecular formula is C14H16N2O2. The van der Waals surface area contributed by atoms with Crippen molar-refractivity contribution < 1.29 is 9.90 Å². The molecule has 4 heteroatoms. The Kier molecular flexibility index (Phi) is 3.35. The number of hydrogen-bond acceptors (Lipinski definition) is 3. The van der Waals surface area contributed by atoms with E-state index in [0.717, 1.165) is 18.4 Å². The third-order valence-electron chi connectivity index (χ3n) is 3.58. The number of carboxylic acids is 1. The van der Waals surface area contributed by atoms with Crippen molar-refractivity contribution in [3.63, 3.8) is 0 Å². The summed E-state index contributed by atoms with van der Waals surface area (Å²) >= 11 is 0. The molecule has 18 heavy (non-hydrogen) atoms. The molecule has 94 valence electrons. The largest absolute Gasteiger partial charge is 0.480 e. The molecule has 0 aromatic heterocycles. The molecule has 2 N–H and O–H groups in total. The Balaban J connectivity index is 2.01. The molecule has 0 radical (unpaired) electrons. The number of rotatable bonds is 5. The van der Waals surface area contributed by atoms with E-state index in [2.05, 4.69) is 11.4 Å². The molecule has 0 bridgehead atoms. The van der Waals surface area contributed by atoms with Crippen LogP contribution in [0.1, 0.15) is 30.9 Å². The van der Waals surface area contributed by atoms with Crippen molar-refractivity contribution >= 4 is 5.97 Å². The van der Waals surface area contributed by atoms with E-state index in [-0.39, 0.29) is 5.92 Å². The Hall–Kier alpha value is -1.86. The first-order valence-electron chi connectivity index (χ1n) is 6.03. The van der Waals surface area contributed by atoms with E-state index in [1.807, 2.05) is 12.1 Å². The van der Waals surface area contributed by atoms with Gasteiger partial charge in [0.25, 0.3) is 0 Å². The smallest absolute Gasteiger partial charge is 0.323 e. The lowest BCUT2D eigenvalue weighted by Crippen LogP contribution is -2.51. The molecule has 2 rings (SSSR count). The van der Waals surface area contributed by atoms with Crippen LogP contribution in [0.25, 0.3) is 0 Å². The van der Waals surface area contributed by atoms with Gasteiger partial charge in [0.2, 0.25) is 0 Å². The zero-order valence-corrected chi connectivity index (χ0v) is 10.3. The summed E-state index contributed by atoms with van der Waals surface area (Å²) in [6, 6.07) is 9.24. The van der Waals surface area contributed by atoms with Gasteiger partial charge in [0.15, 0.2) is 0 Å². The fourth-order valence-electron chi connectivity index (χ4n) is 2.04. The van der Waals surface area contributed by atoms with Gasteiger partial charge in [-0.3, -0.25) is 10.1 Å². The van der Waals surface area contributed by atoms with Crippen molar-refractivity contribution in [2.45, 2.75) is 31.8 Å². The molecule has 1 aromatic carbocycles. The van der Waals surface area contributed by atoms with Crippen LogP contribution in [-0.4, -0.2) is 16.6 Å². The first-order chi connectivity index (χ1) is 8.56. The summed E-state index contributed by atoms with van der Waals surface area (Å²) in [5.74, 6) is -0.563. The maximum Gasteiger partial charge on any atom is 0.323 e. The van der Waals surface area contributed by atoms with Gasteiger partial charge in [-0.25, -0.2) is 0 Å². The zero-order valence-electron chi connectivity index (χ0n) is 10.3. The summed E-state index contributed by atoms with van der Waals surface area (Å²) in [6.45, 7) is 2.25. The number of nitriles is 1. The van der Waals surface area contributed by atoms with E-state index in [1.165, 1.54) is 0 Å². The van der Waals surface area contributed by atoms with Crippen molar-refractivity contribution in [3.8, 4) is 6.07 Å². The van der Waals surface area contributed by atoms with Gasteiger partial charge in [-0.1, -0.05) is 12.1 Å². The number of nitrogens with one attached hydrogen (secondary N) is 1. The molecule has 0 saturated heterocycles. The average Bonchev–Trinajstić information content (AvgIpc) is 3.21. The quantitative estimate of drug-likeness (QED) is 0.829. The molecule has 1 aromatic rings. The van der Waals surface area contributed by atoms with E-state index < -0.39 is 11.5 Å². The highest BCUT2D eigenvalue weighted by atomic mass is 16.4. The Morgan fingerprint density at radius 2 is 2.11 bits per heavy atom. The van der Waals surface area contributed by atoms with Crippen molar-refractivity contribution in [1.82, 2.24) is 5.32 Å². The van der Waals surface area contributed by atoms with Crippen LogP contribution in [0.2, 0.25) is 0 Å². The first kappa shape index (κ1) is 12.6. The van der Waals surface area contributed by atoms with Gasteiger partial charge in [-0.05, 0) is 43.4 Å². The number of carbonyl (C=O) groups is 1. The van der Waals surface area contributed by atoms with E-state index in [0.29, 0.717) is 12.1 Å². The standard InChI is InChI=1S/C14H16N2O2/c1-14(13(17)18,12-6-7-12)16-9-11-4-2-10(8-15)3-5-11/h2-5,12,16H,6-7,9H2,1H3,(H,17,18). The predicted molar refractivity (Wildman–Crippen MR) is 66.8 cm³/mol. The second-order valence-electron chi connectivity index (χ2n) is 4.94. The normalized spacial score (nSPS) is 17.8. The number of benzene rings is 1. The lowest BCUT2D eigenvalue weighted by Gasteiger charge is -2.26. The van der Waals surface area contributed by atoms with Gasteiger partial charge in [0.1, 0.15) is 5.54 Å². The lowest BCUT2D eigenvalue weighted by molar-refractivity contribution is -0.145. The second-order valence-corrected chi connectivity index (χ2v) is 4.94. The summed E-state index contributed by atoms with van der Waals surface area (Å²) in [6.07, 6.45) is 1.95. The fourth-order valence-corrected chi connectivity index (χ4v) is 2.04. The summed E-state index contributed by atoms with van der Waals surface area (Å²) in [5, 5.41) is 21.1. The van der Waals surface area contributed by atoms with Crippen molar-refractivity contribution in [2.24, 2.45) is 5.92 Å². The van der Waals surface area contributed by atoms with Crippen molar-refractivity contribution in [1.29, 1.82) is 5.26 Å². The highest BCUT2D eigenvalue weighted by Crippen LogP contribution is 2.39. The molecule has 1 unspecified atom stereocenters. The maximum atomic E-state index is 11.3. The highest BCUT2D eigenvalue weighted by molar-refractivity contribution is 5.79. The molecule has 1 aliphatic carbocycles. The van der Waals surface area contributed by atoms with Gasteiger partial charge in [0, 0.05) is 6.54 Å². The predicted octanol–water partition coefficient (Wildman–Crippen LogP) is 1.90. The van der Waals surface area contributed by atoms with Crippen LogP contribution >= 0.6 is 0 Å². The third kappa shape index (κ3) is 2.52. The number of carboxylic acid groups (broad SMARTS) is 1. The zero-order chi connectivity index (χ0) is 13.2. The van der Waals surface area contributed by atoms with Crippen LogP contribution in [0.4, 0.5) is 0 Å². The monoisotopic (exact) mass is 244 g/mol. The van der Waals surface area contributed by atoms with E-state index >= 15 is 0 Å². The molecule has 0 amide bonds. The van der Waals surface area contributed by atoms with Crippen LogP contribution in [0.15, 0.2) is 24.3 Å². The van der Waals surface area contributed by atoms with Crippen molar-refractivity contribution in [3.05, 3.63) is 35.4 Å². The minimum atomic E-state index is -0.839. The Bertz CT molecular complexity index is 486. The molecule has 1 saturated carbocycles. The van der Waals surface area contributed by atoms with Crippen molar-refractivity contribution in [2.75, 3.05) is 0 Å². The van der Waals surface area contributed by atoms with Gasteiger partial charge in [-0.2, -0.15) is 5.26 Å². The van der Waals surface area contributed by atoms with E-state index in [1.54, 1.807) is 19.1 Å². The first-order valence-corrected chi connectivity index (χ1v) is 6.03. The Labute approximate surface area is 106 Å². The molecule has 4 nitrogen and oxygen atoms in total. The van der Waals surface area contributed by atoms with Crippen LogP contribution in [0.5, 0.6) is 0 Å². The molecule has 1 atom stereocenters. The minimum absolute atomic E-state index is 0.230. The van der Waals surface area contributed by atoms with E-state index in [9.17, 15) is 9.90 Å². The topological polar surface area (TPSA) is 73.1 Å². The van der Waals surface area contributed by atoms with Gasteiger partial charge < -0.3 is 5.11 Å². The SMILES string of the molecule is CC(NCc1ccc(C#N)cc1)(C(=O)O)C1CC1. The van der Waals surface area contributed by atoms with Crippen LogP contribution in [0.3, 0.4) is 0 Å². The molecule has 1 aliphatic rings. The van der Waals surface area contributed by atoms with Gasteiger partial charge in [-0.15, -0.1) is 0 Å². The Morgan fingerprint density at radius 3 is 2.56 bits per heavy atom. The summed E-state index contributed by atoms with van der Waals surface area (Å²) in [5.41, 5.74) is 0.762. The lowest BCUT2D eigenvalue weighted by atomic mass is 9.95. The maximum absolute atomic E-state index is 11.3. The minimum Gasteiger partial charge on any atom is -0.480 e. The van der Waals surface area contributed by atoms with Gasteiger partial charge in [0.05, 0.1) is 11.6 Å². The van der Waals surface area contributed by atoms with Crippen LogP contribution in [-0.2, 0) is 11.3 Å². The Morgan fingerprint density at radius 1 is 1.50 bits per heavy atom. The number of aliphatic carboxylic acids is 1. The molecule has 0 heterocycles. The molecule has 0 aliphatic heterocycles. The van der Waals surface area contributed by atoms with E-state index in [4.69, 9.17) is 5.26 Å². The number of nitrogens with zero attached hydrogens (tertiary/aromatic N) is 1. The summed E-state index contributed by atoms with van der Waals surface area (Å²) < 4.78 is 0.